The number of hydrogen-bond donors (Lipinski definition) is 1. The van der Waals surface area contributed by atoms with Gasteiger partial charge in [-0.2, -0.15) is 0 Å². The Labute approximate surface area is 109 Å². The van der Waals surface area contributed by atoms with Gasteiger partial charge in [-0.25, -0.2) is 0 Å². The minimum absolute atomic E-state index is 0.349. The van der Waals surface area contributed by atoms with Crippen LogP contribution in [-0.4, -0.2) is 23.3 Å². The number of pyridine rings is 1. The highest BCUT2D eigenvalue weighted by Gasteiger charge is 2.52. The summed E-state index contributed by atoms with van der Waals surface area (Å²) in [6, 6.07) is 0. The highest BCUT2D eigenvalue weighted by molar-refractivity contribution is 6.64. The molecule has 18 heavy (non-hydrogen) atoms. The molecule has 5 heteroatoms. The number of aromatic nitrogens is 1. The highest BCUT2D eigenvalue weighted by Crippen LogP contribution is 2.37. The molecule has 2 rings (SSSR count). The zero-order valence-corrected chi connectivity index (χ0v) is 11.8. The van der Waals surface area contributed by atoms with Crippen LogP contribution in [0, 0.1) is 0 Å². The molecule has 1 aliphatic rings. The Morgan fingerprint density at radius 2 is 1.72 bits per heavy atom. The summed E-state index contributed by atoms with van der Waals surface area (Å²) in [7, 11) is -0.409. The number of aryl methyl sites for hydroxylation is 1. The van der Waals surface area contributed by atoms with Crippen LogP contribution in [0.4, 0.5) is 5.69 Å². The first-order chi connectivity index (χ1) is 8.28. The number of nitrogens with zero attached hydrogens (tertiary/aromatic N) is 1. The van der Waals surface area contributed by atoms with Crippen LogP contribution in [-0.2, 0) is 15.7 Å². The maximum Gasteiger partial charge on any atom is 0.497 e. The molecule has 4 nitrogen and oxygen atoms in total. The van der Waals surface area contributed by atoms with Crippen molar-refractivity contribution in [3.8, 4) is 0 Å². The lowest BCUT2D eigenvalue weighted by Gasteiger charge is -2.32. The van der Waals surface area contributed by atoms with Gasteiger partial charge >= 0.3 is 7.12 Å². The number of nitrogen functional groups attached to an aromatic ring is 1. The average molecular weight is 248 g/mol. The van der Waals surface area contributed by atoms with Gasteiger partial charge in [-0.15, -0.1) is 0 Å². The molecule has 0 aliphatic carbocycles. The first-order valence-electron chi connectivity index (χ1n) is 6.36. The average Bonchev–Trinajstić information content (AvgIpc) is 2.47. The van der Waals surface area contributed by atoms with E-state index in [1.165, 1.54) is 0 Å². The number of rotatable bonds is 2. The molecule has 1 aromatic rings. The lowest BCUT2D eigenvalue weighted by molar-refractivity contribution is 0.00578. The molecule has 0 saturated carbocycles. The third-order valence-corrected chi connectivity index (χ3v) is 3.97. The first-order valence-corrected chi connectivity index (χ1v) is 6.36. The van der Waals surface area contributed by atoms with E-state index in [0.29, 0.717) is 5.69 Å². The van der Waals surface area contributed by atoms with E-state index in [0.717, 1.165) is 17.4 Å². The fraction of sp³-hybridized carbons (Fsp3) is 0.615. The van der Waals surface area contributed by atoms with E-state index >= 15 is 0 Å². The Hall–Kier alpha value is -1.07. The molecule has 0 spiro atoms. The zero-order chi connectivity index (χ0) is 13.6. The van der Waals surface area contributed by atoms with E-state index in [2.05, 4.69) is 11.9 Å². The van der Waals surface area contributed by atoms with Crippen molar-refractivity contribution in [1.82, 2.24) is 4.98 Å². The Morgan fingerprint density at radius 1 is 1.17 bits per heavy atom. The second kappa shape index (κ2) is 4.25. The highest BCUT2D eigenvalue weighted by atomic mass is 16.7. The van der Waals surface area contributed by atoms with Crippen LogP contribution < -0.4 is 11.2 Å². The summed E-state index contributed by atoms with van der Waals surface area (Å²) in [5.41, 5.74) is 7.97. The van der Waals surface area contributed by atoms with Crippen LogP contribution >= 0.6 is 0 Å². The molecule has 2 N–H and O–H groups in total. The molecule has 98 valence electrons. The lowest BCUT2D eigenvalue weighted by atomic mass is 9.75. The van der Waals surface area contributed by atoms with Crippen molar-refractivity contribution in [1.29, 1.82) is 0 Å². The van der Waals surface area contributed by atoms with Crippen molar-refractivity contribution < 1.29 is 9.31 Å². The Balaban J connectivity index is 2.41. The Morgan fingerprint density at radius 3 is 2.22 bits per heavy atom. The molecule has 0 bridgehead atoms. The second-order valence-electron chi connectivity index (χ2n) is 5.74. The van der Waals surface area contributed by atoms with Gasteiger partial charge in [0.15, 0.2) is 0 Å². The smallest absolute Gasteiger partial charge is 0.399 e. The quantitative estimate of drug-likeness (QED) is 0.806. The second-order valence-corrected chi connectivity index (χ2v) is 5.74. The van der Waals surface area contributed by atoms with Crippen molar-refractivity contribution >= 4 is 18.3 Å². The summed E-state index contributed by atoms with van der Waals surface area (Å²) in [6.45, 7) is 10.2. The van der Waals surface area contributed by atoms with E-state index in [4.69, 9.17) is 15.0 Å². The van der Waals surface area contributed by atoms with Crippen LogP contribution in [0.3, 0.4) is 0 Å². The minimum atomic E-state index is -0.409. The normalized spacial score (nSPS) is 21.3. The molecule has 0 radical (unpaired) electrons. The van der Waals surface area contributed by atoms with E-state index in [9.17, 15) is 0 Å². The number of anilines is 1. The van der Waals surface area contributed by atoms with Crippen molar-refractivity contribution in [3.63, 3.8) is 0 Å². The molecule has 0 aromatic carbocycles. The third kappa shape index (κ3) is 2.02. The molecule has 1 fully saturated rings. The van der Waals surface area contributed by atoms with Gasteiger partial charge in [-0.3, -0.25) is 4.98 Å². The van der Waals surface area contributed by atoms with Crippen LogP contribution in [0.2, 0.25) is 0 Å². The van der Waals surface area contributed by atoms with Crippen LogP contribution in [0.1, 0.15) is 40.2 Å². The van der Waals surface area contributed by atoms with Gasteiger partial charge in [0.25, 0.3) is 0 Å². The lowest BCUT2D eigenvalue weighted by Crippen LogP contribution is -2.41. The monoisotopic (exact) mass is 248 g/mol. The van der Waals surface area contributed by atoms with Gasteiger partial charge in [0.2, 0.25) is 0 Å². The maximum atomic E-state index is 6.04. The van der Waals surface area contributed by atoms with Crippen LogP contribution in [0.15, 0.2) is 12.4 Å². The van der Waals surface area contributed by atoms with Gasteiger partial charge in [-0.1, -0.05) is 6.92 Å². The van der Waals surface area contributed by atoms with Gasteiger partial charge in [0.1, 0.15) is 0 Å². The van der Waals surface area contributed by atoms with Crippen molar-refractivity contribution in [2.75, 3.05) is 5.73 Å². The molecule has 1 aliphatic heterocycles. The molecular formula is C13H21BN2O2. The zero-order valence-electron chi connectivity index (χ0n) is 11.8. The third-order valence-electron chi connectivity index (χ3n) is 3.97. The molecular weight excluding hydrogens is 227 g/mol. The van der Waals surface area contributed by atoms with Crippen molar-refractivity contribution in [3.05, 3.63) is 18.0 Å². The first kappa shape index (κ1) is 13.4. The Bertz CT molecular complexity index is 444. The summed E-state index contributed by atoms with van der Waals surface area (Å²) in [5, 5.41) is 0. The predicted molar refractivity (Wildman–Crippen MR) is 73.7 cm³/mol. The van der Waals surface area contributed by atoms with Crippen molar-refractivity contribution in [2.45, 2.75) is 52.2 Å². The fourth-order valence-electron chi connectivity index (χ4n) is 2.06. The van der Waals surface area contributed by atoms with E-state index in [-0.39, 0.29) is 11.2 Å². The fourth-order valence-corrected chi connectivity index (χ4v) is 2.06. The standard InChI is InChI=1S/C13H21BN2O2/c1-6-9-7-16-8-10(15)11(9)14-17-12(2,3)13(4,5)18-14/h7-8H,6,15H2,1-5H3. The SMILES string of the molecule is CCc1cncc(N)c1B1OC(C)(C)C(C)(C)O1. The van der Waals surface area contributed by atoms with Crippen LogP contribution in [0.25, 0.3) is 0 Å². The molecule has 1 aromatic heterocycles. The molecule has 2 heterocycles. The summed E-state index contributed by atoms with van der Waals surface area (Å²) >= 11 is 0. The van der Waals surface area contributed by atoms with Gasteiger partial charge in [-0.05, 0) is 39.7 Å². The van der Waals surface area contributed by atoms with E-state index in [1.54, 1.807) is 6.20 Å². The largest absolute Gasteiger partial charge is 0.497 e. The minimum Gasteiger partial charge on any atom is -0.399 e. The molecule has 0 atom stereocenters. The van der Waals surface area contributed by atoms with E-state index < -0.39 is 7.12 Å². The number of hydrogen-bond acceptors (Lipinski definition) is 4. The van der Waals surface area contributed by atoms with E-state index in [1.807, 2.05) is 33.9 Å². The summed E-state index contributed by atoms with van der Waals surface area (Å²) < 4.78 is 12.1. The van der Waals surface area contributed by atoms with Crippen molar-refractivity contribution in [2.24, 2.45) is 0 Å². The molecule has 1 saturated heterocycles. The summed E-state index contributed by atoms with van der Waals surface area (Å²) in [4.78, 5) is 4.12. The summed E-state index contributed by atoms with van der Waals surface area (Å²) in [5.74, 6) is 0. The molecule has 0 amide bonds. The Kier molecular flexibility index (Phi) is 3.15. The maximum absolute atomic E-state index is 6.04. The summed E-state index contributed by atoms with van der Waals surface area (Å²) in [6.07, 6.45) is 4.34. The van der Waals surface area contributed by atoms with Crippen LogP contribution in [0.5, 0.6) is 0 Å². The van der Waals surface area contributed by atoms with Gasteiger partial charge in [0.05, 0.1) is 16.9 Å². The van der Waals surface area contributed by atoms with Gasteiger partial charge in [0, 0.05) is 17.9 Å². The number of nitrogens with two attached hydrogens (primary N) is 1. The predicted octanol–water partition coefficient (Wildman–Crippen LogP) is 1.53. The topological polar surface area (TPSA) is 57.4 Å². The molecule has 0 unspecified atom stereocenters. The van der Waals surface area contributed by atoms with Gasteiger partial charge < -0.3 is 15.0 Å².